The normalized spacial score (nSPS) is 11.8. The molecular formula is C21H28Cl2N2O6. The molecule has 10 heteroatoms. The Bertz CT molecular complexity index is 864. The van der Waals surface area contributed by atoms with Gasteiger partial charge in [0.05, 0.1) is 22.8 Å². The number of nitrogen functional groups attached to an aromatic ring is 1. The van der Waals surface area contributed by atoms with Gasteiger partial charge >= 0.3 is 11.9 Å². The van der Waals surface area contributed by atoms with E-state index in [4.69, 9.17) is 48.0 Å². The van der Waals surface area contributed by atoms with E-state index in [1.807, 2.05) is 0 Å². The number of nitrogens with two attached hydrogens (primary N) is 1. The lowest BCUT2D eigenvalue weighted by atomic mass is 9.97. The predicted octanol–water partition coefficient (Wildman–Crippen LogP) is 4.51. The molecule has 0 amide bonds. The molecule has 1 heterocycles. The number of aliphatic hydroxyl groups excluding tert-OH is 1. The van der Waals surface area contributed by atoms with Gasteiger partial charge in [0.2, 0.25) is 0 Å². The van der Waals surface area contributed by atoms with E-state index in [1.165, 1.54) is 6.92 Å². The number of halogens is 2. The zero-order chi connectivity index (χ0) is 23.6. The Kier molecular flexibility index (Phi) is 10.8. The third-order valence-electron chi connectivity index (χ3n) is 3.69. The molecule has 0 radical (unpaired) electrons. The molecule has 0 saturated carbocycles. The standard InChI is InChI=1S/C15H23NO6.C6H5Cl2N/c1-10(18)20-9-12-8-13(16-22-12)11(5-6-17)7-14(19)21-15(2,3)4;7-4-1-2-6(9)5(8)3-4/h8,11,17H,5-7,9H2,1-4H3;1-3H,9H2/t11-;/m1./s1. The van der Waals surface area contributed by atoms with Gasteiger partial charge < -0.3 is 24.8 Å². The molecule has 1 aromatic carbocycles. The molecule has 0 bridgehead atoms. The van der Waals surface area contributed by atoms with Crippen molar-refractivity contribution in [3.63, 3.8) is 0 Å². The number of esters is 2. The van der Waals surface area contributed by atoms with Gasteiger partial charge in [-0.3, -0.25) is 9.59 Å². The fraction of sp³-hybridized carbons (Fsp3) is 0.476. The SMILES string of the molecule is CC(=O)OCc1cc([C@H](CCO)CC(=O)OC(C)(C)C)no1.Nc1ccc(Cl)cc1Cl. The van der Waals surface area contributed by atoms with Crippen molar-refractivity contribution < 1.29 is 28.7 Å². The summed E-state index contributed by atoms with van der Waals surface area (Å²) in [5.41, 5.74) is 5.92. The van der Waals surface area contributed by atoms with E-state index in [1.54, 1.807) is 45.0 Å². The average molecular weight is 475 g/mol. The van der Waals surface area contributed by atoms with E-state index in [0.29, 0.717) is 33.6 Å². The highest BCUT2D eigenvalue weighted by Crippen LogP contribution is 2.25. The van der Waals surface area contributed by atoms with Gasteiger partial charge in [-0.05, 0) is 45.4 Å². The molecule has 1 atom stereocenters. The van der Waals surface area contributed by atoms with Crippen LogP contribution in [-0.4, -0.2) is 34.4 Å². The number of aliphatic hydroxyl groups is 1. The maximum Gasteiger partial charge on any atom is 0.306 e. The van der Waals surface area contributed by atoms with Gasteiger partial charge in [-0.15, -0.1) is 0 Å². The highest BCUT2D eigenvalue weighted by Gasteiger charge is 2.24. The van der Waals surface area contributed by atoms with Crippen molar-refractivity contribution in [3.8, 4) is 0 Å². The van der Waals surface area contributed by atoms with E-state index < -0.39 is 11.6 Å². The van der Waals surface area contributed by atoms with Gasteiger partial charge in [0.1, 0.15) is 5.60 Å². The number of hydrogen-bond acceptors (Lipinski definition) is 8. The summed E-state index contributed by atoms with van der Waals surface area (Å²) in [6.45, 7) is 6.58. The first-order valence-electron chi connectivity index (χ1n) is 9.53. The number of benzene rings is 1. The monoisotopic (exact) mass is 474 g/mol. The molecule has 0 unspecified atom stereocenters. The Hall–Kier alpha value is -2.29. The fourth-order valence-corrected chi connectivity index (χ4v) is 2.77. The second-order valence-electron chi connectivity index (χ2n) is 7.66. The van der Waals surface area contributed by atoms with E-state index in [9.17, 15) is 9.59 Å². The Morgan fingerprint density at radius 1 is 1.26 bits per heavy atom. The summed E-state index contributed by atoms with van der Waals surface area (Å²) in [6, 6.07) is 6.60. The number of aromatic nitrogens is 1. The summed E-state index contributed by atoms with van der Waals surface area (Å²) < 4.78 is 15.2. The molecule has 0 aliphatic heterocycles. The Morgan fingerprint density at radius 3 is 2.45 bits per heavy atom. The van der Waals surface area contributed by atoms with Crippen LogP contribution in [0.2, 0.25) is 10.0 Å². The third kappa shape index (κ3) is 11.1. The molecule has 0 saturated heterocycles. The van der Waals surface area contributed by atoms with Crippen molar-refractivity contribution >= 4 is 40.8 Å². The maximum atomic E-state index is 11.9. The van der Waals surface area contributed by atoms with E-state index in [0.717, 1.165) is 0 Å². The summed E-state index contributed by atoms with van der Waals surface area (Å²) in [6.07, 6.45) is 0.455. The zero-order valence-electron chi connectivity index (χ0n) is 18.0. The van der Waals surface area contributed by atoms with E-state index >= 15 is 0 Å². The van der Waals surface area contributed by atoms with Crippen LogP contribution in [-0.2, 0) is 25.7 Å². The first kappa shape index (κ1) is 26.7. The molecule has 0 aliphatic carbocycles. The lowest BCUT2D eigenvalue weighted by molar-refractivity contribution is -0.155. The van der Waals surface area contributed by atoms with Crippen molar-refractivity contribution in [2.45, 2.75) is 58.7 Å². The van der Waals surface area contributed by atoms with Crippen LogP contribution in [0, 0.1) is 0 Å². The highest BCUT2D eigenvalue weighted by molar-refractivity contribution is 6.36. The van der Waals surface area contributed by atoms with Gasteiger partial charge in [-0.1, -0.05) is 28.4 Å². The molecule has 0 aliphatic rings. The number of carbonyl (C=O) groups is 2. The van der Waals surface area contributed by atoms with Gasteiger partial charge in [-0.2, -0.15) is 0 Å². The summed E-state index contributed by atoms with van der Waals surface area (Å²) >= 11 is 11.2. The average Bonchev–Trinajstić information content (AvgIpc) is 3.11. The first-order chi connectivity index (χ1) is 14.4. The number of nitrogens with zero attached hydrogens (tertiary/aromatic N) is 1. The lowest BCUT2D eigenvalue weighted by Gasteiger charge is -2.21. The summed E-state index contributed by atoms with van der Waals surface area (Å²) in [5, 5.41) is 14.1. The van der Waals surface area contributed by atoms with Crippen LogP contribution >= 0.6 is 23.2 Å². The first-order valence-corrected chi connectivity index (χ1v) is 10.3. The molecule has 172 valence electrons. The second-order valence-corrected chi connectivity index (χ2v) is 8.51. The Balaban J connectivity index is 0.000000442. The number of anilines is 1. The van der Waals surface area contributed by atoms with Crippen LogP contribution in [0.5, 0.6) is 0 Å². The topological polar surface area (TPSA) is 125 Å². The summed E-state index contributed by atoms with van der Waals surface area (Å²) in [4.78, 5) is 22.7. The van der Waals surface area contributed by atoms with Crippen LogP contribution in [0.4, 0.5) is 5.69 Å². The van der Waals surface area contributed by atoms with Crippen LogP contribution in [0.1, 0.15) is 57.9 Å². The molecule has 2 aromatic rings. The van der Waals surface area contributed by atoms with Gasteiger partial charge in [0, 0.05) is 30.5 Å². The molecule has 8 nitrogen and oxygen atoms in total. The minimum absolute atomic E-state index is 0.0133. The van der Waals surface area contributed by atoms with Crippen molar-refractivity contribution in [3.05, 3.63) is 45.8 Å². The Labute approximate surface area is 191 Å². The van der Waals surface area contributed by atoms with E-state index in [-0.39, 0.29) is 31.5 Å². The van der Waals surface area contributed by atoms with Crippen molar-refractivity contribution in [2.75, 3.05) is 12.3 Å². The molecule has 3 N–H and O–H groups in total. The molecule has 0 spiro atoms. The smallest absolute Gasteiger partial charge is 0.306 e. The molecule has 2 rings (SSSR count). The van der Waals surface area contributed by atoms with Gasteiger partial charge in [0.15, 0.2) is 12.4 Å². The fourth-order valence-electron chi connectivity index (χ4n) is 2.36. The number of ether oxygens (including phenoxy) is 2. The molecular weight excluding hydrogens is 447 g/mol. The summed E-state index contributed by atoms with van der Waals surface area (Å²) in [7, 11) is 0. The van der Waals surface area contributed by atoms with Crippen LogP contribution in [0.25, 0.3) is 0 Å². The second kappa shape index (κ2) is 12.5. The lowest BCUT2D eigenvalue weighted by Crippen LogP contribution is -2.25. The predicted molar refractivity (Wildman–Crippen MR) is 118 cm³/mol. The summed E-state index contributed by atoms with van der Waals surface area (Å²) in [5.74, 6) is -0.707. The molecule has 1 aromatic heterocycles. The Morgan fingerprint density at radius 2 is 1.94 bits per heavy atom. The third-order valence-corrected chi connectivity index (χ3v) is 4.25. The molecule has 0 fully saturated rings. The quantitative estimate of drug-likeness (QED) is 0.443. The van der Waals surface area contributed by atoms with Gasteiger partial charge in [-0.25, -0.2) is 0 Å². The number of rotatable bonds is 7. The van der Waals surface area contributed by atoms with Crippen molar-refractivity contribution in [2.24, 2.45) is 0 Å². The minimum Gasteiger partial charge on any atom is -0.460 e. The molecule has 31 heavy (non-hydrogen) atoms. The van der Waals surface area contributed by atoms with Crippen LogP contribution < -0.4 is 5.73 Å². The number of hydrogen-bond donors (Lipinski definition) is 2. The number of carbonyl (C=O) groups excluding carboxylic acids is 2. The van der Waals surface area contributed by atoms with Gasteiger partial charge in [0.25, 0.3) is 0 Å². The van der Waals surface area contributed by atoms with Crippen LogP contribution in [0.15, 0.2) is 28.8 Å². The zero-order valence-corrected chi connectivity index (χ0v) is 19.5. The van der Waals surface area contributed by atoms with Crippen molar-refractivity contribution in [1.82, 2.24) is 5.16 Å². The highest BCUT2D eigenvalue weighted by atomic mass is 35.5. The van der Waals surface area contributed by atoms with Crippen molar-refractivity contribution in [1.29, 1.82) is 0 Å². The largest absolute Gasteiger partial charge is 0.460 e. The minimum atomic E-state index is -0.564. The van der Waals surface area contributed by atoms with Crippen LogP contribution in [0.3, 0.4) is 0 Å². The maximum absolute atomic E-state index is 11.9. The van der Waals surface area contributed by atoms with E-state index in [2.05, 4.69) is 5.16 Å².